The lowest BCUT2D eigenvalue weighted by Gasteiger charge is -2.19. The molecule has 0 spiro atoms. The van der Waals surface area contributed by atoms with E-state index in [1.807, 2.05) is 0 Å². The van der Waals surface area contributed by atoms with Crippen LogP contribution in [0.1, 0.15) is 40.3 Å². The maximum Gasteiger partial charge on any atom is 0.273 e. The highest BCUT2D eigenvalue weighted by atomic mass is 35.5. The van der Waals surface area contributed by atoms with E-state index in [0.717, 1.165) is 0 Å². The number of hydrogen-bond donors (Lipinski definition) is 2. The first-order valence-electron chi connectivity index (χ1n) is 8.16. The molecule has 8 nitrogen and oxygen atoms in total. The van der Waals surface area contributed by atoms with E-state index in [9.17, 15) is 18.0 Å². The van der Waals surface area contributed by atoms with Crippen molar-refractivity contribution < 1.29 is 22.4 Å². The van der Waals surface area contributed by atoms with Crippen molar-refractivity contribution in [1.29, 1.82) is 0 Å². The average molecular weight is 414 g/mol. The van der Waals surface area contributed by atoms with E-state index in [2.05, 4.69) is 10.9 Å². The molecule has 0 atom stereocenters. The molecule has 1 heterocycles. The van der Waals surface area contributed by atoms with E-state index in [0.29, 0.717) is 18.8 Å². The molecule has 0 bridgehead atoms. The van der Waals surface area contributed by atoms with Crippen molar-refractivity contribution in [3.8, 4) is 0 Å². The fourth-order valence-corrected chi connectivity index (χ4v) is 4.11. The molecule has 10 heteroatoms. The zero-order valence-electron chi connectivity index (χ0n) is 15.1. The summed E-state index contributed by atoms with van der Waals surface area (Å²) in [6.45, 7) is 5.64. The molecular formula is C17H20ClN3O5S. The highest BCUT2D eigenvalue weighted by Gasteiger charge is 2.24. The first-order chi connectivity index (χ1) is 12.7. The third-order valence-electron chi connectivity index (χ3n) is 3.92. The number of aryl methyl sites for hydroxylation is 1. The van der Waals surface area contributed by atoms with E-state index in [4.69, 9.17) is 16.0 Å². The van der Waals surface area contributed by atoms with Gasteiger partial charge in [0.05, 0.1) is 27.3 Å². The Morgan fingerprint density at radius 2 is 1.67 bits per heavy atom. The van der Waals surface area contributed by atoms with Crippen LogP contribution in [0.15, 0.2) is 39.8 Å². The van der Waals surface area contributed by atoms with E-state index in [-0.39, 0.29) is 21.0 Å². The van der Waals surface area contributed by atoms with E-state index in [1.54, 1.807) is 20.8 Å². The van der Waals surface area contributed by atoms with Crippen LogP contribution in [0.5, 0.6) is 0 Å². The van der Waals surface area contributed by atoms with Crippen molar-refractivity contribution in [3.63, 3.8) is 0 Å². The minimum Gasteiger partial charge on any atom is -0.469 e. The summed E-state index contributed by atoms with van der Waals surface area (Å²) in [6.07, 6.45) is 1.35. The molecule has 146 valence electrons. The van der Waals surface area contributed by atoms with Crippen molar-refractivity contribution in [1.82, 2.24) is 15.2 Å². The van der Waals surface area contributed by atoms with E-state index in [1.165, 1.54) is 34.8 Å². The van der Waals surface area contributed by atoms with Gasteiger partial charge in [-0.05, 0) is 31.2 Å². The molecule has 0 saturated heterocycles. The lowest BCUT2D eigenvalue weighted by atomic mass is 10.2. The third kappa shape index (κ3) is 4.49. The number of sulfonamides is 1. The summed E-state index contributed by atoms with van der Waals surface area (Å²) in [5, 5.41) is 0.0553. The summed E-state index contributed by atoms with van der Waals surface area (Å²) >= 11 is 6.03. The van der Waals surface area contributed by atoms with Crippen LogP contribution in [-0.2, 0) is 10.0 Å². The van der Waals surface area contributed by atoms with Crippen molar-refractivity contribution in [2.75, 3.05) is 13.1 Å². The molecule has 2 amide bonds. The maximum atomic E-state index is 12.6. The predicted octanol–water partition coefficient (Wildman–Crippen LogP) is 2.35. The van der Waals surface area contributed by atoms with Gasteiger partial charge in [0.15, 0.2) is 0 Å². The summed E-state index contributed by atoms with van der Waals surface area (Å²) in [4.78, 5) is 24.3. The maximum absolute atomic E-state index is 12.6. The SMILES string of the molecule is CCN(CC)S(=O)(=O)c1ccc(Cl)c(C(=O)NNC(=O)c2ccoc2C)c1. The molecule has 2 N–H and O–H groups in total. The van der Waals surface area contributed by atoms with Gasteiger partial charge in [0, 0.05) is 13.1 Å². The van der Waals surface area contributed by atoms with E-state index >= 15 is 0 Å². The van der Waals surface area contributed by atoms with Crippen molar-refractivity contribution in [3.05, 3.63) is 52.4 Å². The topological polar surface area (TPSA) is 109 Å². The van der Waals surface area contributed by atoms with Gasteiger partial charge in [0.2, 0.25) is 10.0 Å². The zero-order valence-corrected chi connectivity index (χ0v) is 16.6. The number of nitrogens with zero attached hydrogens (tertiary/aromatic N) is 1. The van der Waals surface area contributed by atoms with Gasteiger partial charge in [-0.25, -0.2) is 8.42 Å². The van der Waals surface area contributed by atoms with Crippen LogP contribution in [0.25, 0.3) is 0 Å². The molecule has 0 aliphatic rings. The summed E-state index contributed by atoms with van der Waals surface area (Å²) in [6, 6.07) is 5.30. The lowest BCUT2D eigenvalue weighted by Crippen LogP contribution is -2.42. The second-order valence-corrected chi connectivity index (χ2v) is 7.87. The quantitative estimate of drug-likeness (QED) is 0.706. The number of furan rings is 1. The van der Waals surface area contributed by atoms with Gasteiger partial charge in [-0.1, -0.05) is 25.4 Å². The van der Waals surface area contributed by atoms with Crippen LogP contribution in [0.3, 0.4) is 0 Å². The number of hydrogen-bond acceptors (Lipinski definition) is 5. The molecule has 1 aromatic heterocycles. The fourth-order valence-electron chi connectivity index (χ4n) is 2.42. The van der Waals surface area contributed by atoms with Gasteiger partial charge in [0.25, 0.3) is 11.8 Å². The molecular weight excluding hydrogens is 394 g/mol. The number of benzene rings is 1. The predicted molar refractivity (Wildman–Crippen MR) is 99.9 cm³/mol. The number of halogens is 1. The summed E-state index contributed by atoms with van der Waals surface area (Å²) < 4.78 is 31.5. The molecule has 2 rings (SSSR count). The number of rotatable bonds is 6. The Labute approximate surface area is 162 Å². The summed E-state index contributed by atoms with van der Waals surface area (Å²) in [5.74, 6) is -0.921. The molecule has 0 saturated carbocycles. The third-order valence-corrected chi connectivity index (χ3v) is 6.29. The molecule has 0 unspecified atom stereocenters. The van der Waals surface area contributed by atoms with Crippen LogP contribution in [0, 0.1) is 6.92 Å². The highest BCUT2D eigenvalue weighted by Crippen LogP contribution is 2.23. The van der Waals surface area contributed by atoms with Crippen molar-refractivity contribution in [2.24, 2.45) is 0 Å². The normalized spacial score (nSPS) is 11.4. The Morgan fingerprint density at radius 1 is 1.07 bits per heavy atom. The molecule has 1 aromatic carbocycles. The largest absolute Gasteiger partial charge is 0.469 e. The minimum absolute atomic E-state index is 0.0553. The number of nitrogens with one attached hydrogen (secondary N) is 2. The average Bonchev–Trinajstić information content (AvgIpc) is 3.06. The molecule has 0 aliphatic carbocycles. The first kappa shape index (κ1) is 20.9. The van der Waals surface area contributed by atoms with Crippen LogP contribution in [-0.4, -0.2) is 37.6 Å². The Balaban J connectivity index is 2.21. The number of hydrazine groups is 1. The molecule has 0 aliphatic heterocycles. The van der Waals surface area contributed by atoms with E-state index < -0.39 is 21.8 Å². The van der Waals surface area contributed by atoms with Crippen LogP contribution < -0.4 is 10.9 Å². The molecule has 27 heavy (non-hydrogen) atoms. The molecule has 2 aromatic rings. The van der Waals surface area contributed by atoms with Crippen molar-refractivity contribution in [2.45, 2.75) is 25.7 Å². The van der Waals surface area contributed by atoms with Crippen LogP contribution in [0.4, 0.5) is 0 Å². The smallest absolute Gasteiger partial charge is 0.273 e. The Hall–Kier alpha value is -2.36. The van der Waals surface area contributed by atoms with Gasteiger partial charge in [-0.2, -0.15) is 4.31 Å². The summed E-state index contributed by atoms with van der Waals surface area (Å²) in [7, 11) is -3.75. The van der Waals surface area contributed by atoms with Gasteiger partial charge < -0.3 is 4.42 Å². The lowest BCUT2D eigenvalue weighted by molar-refractivity contribution is 0.0845. The van der Waals surface area contributed by atoms with Crippen LogP contribution in [0.2, 0.25) is 5.02 Å². The number of carbonyl (C=O) groups excluding carboxylic acids is 2. The van der Waals surface area contributed by atoms with Gasteiger partial charge >= 0.3 is 0 Å². The Bertz CT molecular complexity index is 951. The van der Waals surface area contributed by atoms with Gasteiger partial charge in [-0.3, -0.25) is 20.4 Å². The van der Waals surface area contributed by atoms with Gasteiger partial charge in [0.1, 0.15) is 5.76 Å². The number of amides is 2. The highest BCUT2D eigenvalue weighted by molar-refractivity contribution is 7.89. The minimum atomic E-state index is -3.75. The monoisotopic (exact) mass is 413 g/mol. The standard InChI is InChI=1S/C17H20ClN3O5S/c1-4-21(5-2)27(24,25)12-6-7-15(18)14(10-12)17(23)20-19-16(22)13-8-9-26-11(13)3/h6-10H,4-5H2,1-3H3,(H,19,22)(H,20,23). The first-order valence-corrected chi connectivity index (χ1v) is 9.98. The Morgan fingerprint density at radius 3 is 2.19 bits per heavy atom. The second kappa shape index (κ2) is 8.55. The second-order valence-electron chi connectivity index (χ2n) is 5.53. The van der Waals surface area contributed by atoms with Gasteiger partial charge in [-0.15, -0.1) is 0 Å². The number of carbonyl (C=O) groups is 2. The fraction of sp³-hybridized carbons (Fsp3) is 0.294. The molecule has 0 radical (unpaired) electrons. The zero-order chi connectivity index (χ0) is 20.2. The van der Waals surface area contributed by atoms with Crippen LogP contribution >= 0.6 is 11.6 Å². The summed E-state index contributed by atoms with van der Waals surface area (Å²) in [5.41, 5.74) is 4.64. The van der Waals surface area contributed by atoms with Crippen molar-refractivity contribution >= 4 is 33.4 Å². The Kier molecular flexibility index (Phi) is 6.63. The molecule has 0 fully saturated rings.